The number of amides is 2. The van der Waals surface area contributed by atoms with Crippen molar-refractivity contribution < 1.29 is 33.0 Å². The molecule has 2 N–H and O–H groups in total. The molecule has 0 radical (unpaired) electrons. The maximum Gasteiger partial charge on any atom is 0.306 e. The molecule has 2 amide bonds. The number of rotatable bonds is 7. The van der Waals surface area contributed by atoms with Gasteiger partial charge in [-0.3, -0.25) is 14.4 Å². The minimum absolute atomic E-state index is 0.0259. The van der Waals surface area contributed by atoms with E-state index in [9.17, 15) is 28.3 Å². The van der Waals surface area contributed by atoms with Crippen LogP contribution in [0.4, 0.5) is 14.5 Å². The highest BCUT2D eigenvalue weighted by Gasteiger charge is 2.45. The van der Waals surface area contributed by atoms with Crippen LogP contribution >= 0.6 is 0 Å². The maximum absolute atomic E-state index is 14.8. The largest absolute Gasteiger partial charge is 0.494 e. The summed E-state index contributed by atoms with van der Waals surface area (Å²) in [5, 5.41) is 11.9. The van der Waals surface area contributed by atoms with Gasteiger partial charge in [0.15, 0.2) is 0 Å². The van der Waals surface area contributed by atoms with Crippen molar-refractivity contribution >= 4 is 36.7 Å². The highest BCUT2D eigenvalue weighted by molar-refractivity contribution is 6.88. The number of carbonyl (C=O) groups is 3. The molecule has 2 aromatic rings. The summed E-state index contributed by atoms with van der Waals surface area (Å²) in [5.74, 6) is -3.62. The summed E-state index contributed by atoms with van der Waals surface area (Å²) in [6.07, 6.45) is 0.947. The van der Waals surface area contributed by atoms with Gasteiger partial charge >= 0.3 is 5.97 Å². The van der Waals surface area contributed by atoms with Crippen LogP contribution in [0.2, 0.25) is 19.6 Å². The number of carboxylic acid groups (broad SMARTS) is 1. The lowest BCUT2D eigenvalue weighted by atomic mass is 9.73. The molecule has 0 aromatic heterocycles. The zero-order chi connectivity index (χ0) is 27.1. The standard InChI is InChI=1S/C27H32F2N2O5Si/c1-5-36-19-6-7-20-15(12-19)8-9-31(26(33)16-10-17(11-16)27(34)35)23(20)25(32)30-18-13-21(28)24(22(29)14-18)37(2,3)4/h6-7,12-14,16-17,23H,5,8-11H2,1-4H3,(H,30,32)(H,34,35)/t16-,17-,23?. The Kier molecular flexibility index (Phi) is 7.41. The van der Waals surface area contributed by atoms with E-state index in [-0.39, 0.29) is 36.2 Å². The Bertz CT molecular complexity index is 1220. The first kappa shape index (κ1) is 26.8. The molecule has 37 heavy (non-hydrogen) atoms. The molecule has 7 nitrogen and oxygen atoms in total. The van der Waals surface area contributed by atoms with E-state index >= 15 is 0 Å². The Morgan fingerprint density at radius 2 is 1.73 bits per heavy atom. The topological polar surface area (TPSA) is 95.9 Å². The fourth-order valence-electron chi connectivity index (χ4n) is 5.21. The van der Waals surface area contributed by atoms with Gasteiger partial charge in [0.05, 0.1) is 20.6 Å². The molecule has 0 spiro atoms. The van der Waals surface area contributed by atoms with Gasteiger partial charge < -0.3 is 20.1 Å². The van der Waals surface area contributed by atoms with Gasteiger partial charge in [0, 0.05) is 23.3 Å². The van der Waals surface area contributed by atoms with Crippen molar-refractivity contribution in [2.45, 2.75) is 51.9 Å². The molecule has 1 aliphatic heterocycles. The van der Waals surface area contributed by atoms with Crippen LogP contribution in [0.1, 0.15) is 36.9 Å². The smallest absolute Gasteiger partial charge is 0.306 e. The van der Waals surface area contributed by atoms with Crippen LogP contribution in [-0.4, -0.2) is 49.0 Å². The SMILES string of the molecule is CCOc1ccc2c(c1)CCN(C(=O)[C@H]1C[C@H](C(=O)O)C1)C2C(=O)Nc1cc(F)c([Si](C)(C)C)c(F)c1. The maximum atomic E-state index is 14.8. The average molecular weight is 531 g/mol. The first-order valence-electron chi connectivity index (χ1n) is 12.5. The number of aliphatic carboxylic acids is 1. The number of carboxylic acids is 1. The molecule has 0 saturated heterocycles. The number of anilines is 1. The van der Waals surface area contributed by atoms with Crippen LogP contribution in [-0.2, 0) is 20.8 Å². The van der Waals surface area contributed by atoms with Crippen LogP contribution in [0.25, 0.3) is 0 Å². The predicted molar refractivity (Wildman–Crippen MR) is 138 cm³/mol. The van der Waals surface area contributed by atoms with E-state index in [1.807, 2.05) is 32.6 Å². The second-order valence-corrected chi connectivity index (χ2v) is 15.7. The Morgan fingerprint density at radius 1 is 1.08 bits per heavy atom. The number of nitrogens with zero attached hydrogens (tertiary/aromatic N) is 1. The van der Waals surface area contributed by atoms with Gasteiger partial charge in [-0.15, -0.1) is 0 Å². The van der Waals surface area contributed by atoms with Crippen LogP contribution in [0, 0.1) is 23.5 Å². The van der Waals surface area contributed by atoms with E-state index in [1.54, 1.807) is 12.1 Å². The number of benzene rings is 2. The average Bonchev–Trinajstić information content (AvgIpc) is 2.75. The highest BCUT2D eigenvalue weighted by atomic mass is 28.3. The van der Waals surface area contributed by atoms with Gasteiger partial charge in [-0.05, 0) is 61.6 Å². The van der Waals surface area contributed by atoms with Crippen molar-refractivity contribution in [2.75, 3.05) is 18.5 Å². The van der Waals surface area contributed by atoms with E-state index in [0.29, 0.717) is 24.3 Å². The highest BCUT2D eigenvalue weighted by Crippen LogP contribution is 2.40. The number of hydrogen-bond donors (Lipinski definition) is 2. The molecule has 0 bridgehead atoms. The van der Waals surface area contributed by atoms with Gasteiger partial charge in [-0.2, -0.15) is 0 Å². The fraction of sp³-hybridized carbons (Fsp3) is 0.444. The summed E-state index contributed by atoms with van der Waals surface area (Å²) in [6, 6.07) is 6.51. The second-order valence-electron chi connectivity index (χ2n) is 10.7. The number of ether oxygens (including phenoxy) is 1. The fourth-order valence-corrected chi connectivity index (χ4v) is 6.79. The Labute approximate surface area is 215 Å². The Balaban J connectivity index is 1.65. The van der Waals surface area contributed by atoms with Crippen molar-refractivity contribution in [3.05, 3.63) is 53.1 Å². The molecular weight excluding hydrogens is 498 g/mol. The van der Waals surface area contributed by atoms with Gasteiger partial charge in [0.25, 0.3) is 5.91 Å². The quantitative estimate of drug-likeness (QED) is 0.526. The minimum Gasteiger partial charge on any atom is -0.494 e. The first-order valence-corrected chi connectivity index (χ1v) is 16.0. The summed E-state index contributed by atoms with van der Waals surface area (Å²) in [7, 11) is -2.30. The van der Waals surface area contributed by atoms with Crippen molar-refractivity contribution in [1.29, 1.82) is 0 Å². The lowest BCUT2D eigenvalue weighted by Gasteiger charge is -2.41. The minimum atomic E-state index is -2.30. The van der Waals surface area contributed by atoms with Crippen molar-refractivity contribution in [2.24, 2.45) is 11.8 Å². The second kappa shape index (κ2) is 10.2. The zero-order valence-electron chi connectivity index (χ0n) is 21.4. The van der Waals surface area contributed by atoms with Crippen LogP contribution in [0.3, 0.4) is 0 Å². The molecule has 198 valence electrons. The molecule has 2 aliphatic rings. The monoisotopic (exact) mass is 530 g/mol. The third kappa shape index (κ3) is 5.39. The molecule has 2 aromatic carbocycles. The van der Waals surface area contributed by atoms with E-state index in [4.69, 9.17) is 4.74 Å². The summed E-state index contributed by atoms with van der Waals surface area (Å²) in [5.41, 5.74) is 1.43. The van der Waals surface area contributed by atoms with Gasteiger partial charge in [-0.25, -0.2) is 8.78 Å². The van der Waals surface area contributed by atoms with E-state index in [1.165, 1.54) is 4.90 Å². The van der Waals surface area contributed by atoms with Crippen molar-refractivity contribution in [3.8, 4) is 5.75 Å². The number of carbonyl (C=O) groups excluding carboxylic acids is 2. The molecule has 1 fully saturated rings. The molecule has 1 saturated carbocycles. The van der Waals surface area contributed by atoms with Crippen LogP contribution in [0.15, 0.2) is 30.3 Å². The molecule has 10 heteroatoms. The lowest BCUT2D eigenvalue weighted by molar-refractivity contribution is -0.154. The first-order chi connectivity index (χ1) is 17.4. The van der Waals surface area contributed by atoms with Gasteiger partial charge in [0.1, 0.15) is 23.4 Å². The van der Waals surface area contributed by atoms with Crippen LogP contribution < -0.4 is 15.2 Å². The molecule has 1 aliphatic carbocycles. The summed E-state index contributed by atoms with van der Waals surface area (Å²) in [6.45, 7) is 8.10. The van der Waals surface area contributed by atoms with Crippen molar-refractivity contribution in [3.63, 3.8) is 0 Å². The molecule has 1 heterocycles. The Morgan fingerprint density at radius 3 is 2.30 bits per heavy atom. The van der Waals surface area contributed by atoms with Gasteiger partial charge in [-0.1, -0.05) is 25.7 Å². The predicted octanol–water partition coefficient (Wildman–Crippen LogP) is 4.08. The normalized spacial score (nSPS) is 21.0. The summed E-state index contributed by atoms with van der Waals surface area (Å²) >= 11 is 0. The van der Waals surface area contributed by atoms with E-state index in [2.05, 4.69) is 5.32 Å². The lowest BCUT2D eigenvalue weighted by Crippen LogP contribution is -2.50. The summed E-state index contributed by atoms with van der Waals surface area (Å²) < 4.78 is 35.3. The number of hydrogen-bond acceptors (Lipinski definition) is 4. The third-order valence-electron chi connectivity index (χ3n) is 7.08. The molecular formula is C27H32F2N2O5Si. The van der Waals surface area contributed by atoms with Gasteiger partial charge in [0.2, 0.25) is 5.91 Å². The summed E-state index contributed by atoms with van der Waals surface area (Å²) in [4.78, 5) is 39.7. The number of nitrogens with one attached hydrogen (secondary N) is 1. The van der Waals surface area contributed by atoms with E-state index < -0.39 is 49.5 Å². The third-order valence-corrected chi connectivity index (χ3v) is 9.06. The Hall–Kier alpha value is -3.27. The molecule has 1 atom stereocenters. The van der Waals surface area contributed by atoms with Crippen molar-refractivity contribution in [1.82, 2.24) is 4.90 Å². The number of fused-ring (bicyclic) bond motifs is 1. The van der Waals surface area contributed by atoms with Crippen LogP contribution in [0.5, 0.6) is 5.75 Å². The molecule has 4 rings (SSSR count). The number of halogens is 2. The van der Waals surface area contributed by atoms with E-state index in [0.717, 1.165) is 17.7 Å². The molecule has 1 unspecified atom stereocenters. The zero-order valence-corrected chi connectivity index (χ0v) is 22.4.